The van der Waals surface area contributed by atoms with E-state index in [0.717, 1.165) is 38.5 Å². The molecular weight excluding hydrogens is 272 g/mol. The second-order valence-electron chi connectivity index (χ2n) is 8.14. The van der Waals surface area contributed by atoms with Gasteiger partial charge in [-0.2, -0.15) is 0 Å². The van der Waals surface area contributed by atoms with Gasteiger partial charge in [-0.3, -0.25) is 9.59 Å². The van der Waals surface area contributed by atoms with E-state index in [1.54, 1.807) is 0 Å². The molecule has 0 amide bonds. The van der Waals surface area contributed by atoms with Crippen molar-refractivity contribution >= 4 is 11.6 Å². The van der Waals surface area contributed by atoms with Crippen LogP contribution in [0.5, 0.6) is 0 Å². The van der Waals surface area contributed by atoms with Gasteiger partial charge in [0.2, 0.25) is 0 Å². The summed E-state index contributed by atoms with van der Waals surface area (Å²) in [5.74, 6) is 2.50. The van der Waals surface area contributed by atoms with Crippen molar-refractivity contribution in [2.45, 2.75) is 58.8 Å². The van der Waals surface area contributed by atoms with Gasteiger partial charge in [-0.05, 0) is 66.9 Å². The molecule has 2 saturated carbocycles. The lowest BCUT2D eigenvalue weighted by Gasteiger charge is -2.55. The van der Waals surface area contributed by atoms with E-state index < -0.39 is 0 Å². The molecule has 0 unspecified atom stereocenters. The monoisotopic (exact) mass is 298 g/mol. The van der Waals surface area contributed by atoms with Crippen LogP contribution in [0.3, 0.4) is 0 Å². The number of hydrogen-bond donors (Lipinski definition) is 0. The third-order valence-electron chi connectivity index (χ3n) is 7.59. The number of carbonyl (C=O) groups is 2. The number of ketones is 2. The van der Waals surface area contributed by atoms with Gasteiger partial charge in [0.1, 0.15) is 5.78 Å². The highest BCUT2D eigenvalue weighted by Crippen LogP contribution is 2.63. The molecule has 0 heterocycles. The maximum atomic E-state index is 12.6. The van der Waals surface area contributed by atoms with Gasteiger partial charge in [0.05, 0.1) is 0 Å². The summed E-state index contributed by atoms with van der Waals surface area (Å²) >= 11 is 0. The van der Waals surface area contributed by atoms with Crippen LogP contribution in [0.15, 0.2) is 23.8 Å². The fourth-order valence-electron chi connectivity index (χ4n) is 6.23. The quantitative estimate of drug-likeness (QED) is 0.725. The van der Waals surface area contributed by atoms with Crippen LogP contribution < -0.4 is 0 Å². The van der Waals surface area contributed by atoms with Gasteiger partial charge in [0, 0.05) is 18.3 Å². The first-order chi connectivity index (χ1) is 10.5. The van der Waals surface area contributed by atoms with Crippen molar-refractivity contribution in [1.82, 2.24) is 0 Å². The van der Waals surface area contributed by atoms with Gasteiger partial charge >= 0.3 is 0 Å². The van der Waals surface area contributed by atoms with E-state index in [-0.39, 0.29) is 16.6 Å². The zero-order valence-electron chi connectivity index (χ0n) is 13.7. The molecule has 0 bridgehead atoms. The van der Waals surface area contributed by atoms with Crippen LogP contribution in [0.1, 0.15) is 58.8 Å². The van der Waals surface area contributed by atoms with Gasteiger partial charge in [-0.1, -0.05) is 26.0 Å². The van der Waals surface area contributed by atoms with E-state index in [1.165, 1.54) is 5.57 Å². The highest BCUT2D eigenvalue weighted by molar-refractivity contribution is 5.92. The summed E-state index contributed by atoms with van der Waals surface area (Å²) in [5.41, 5.74) is 1.37. The molecule has 2 heteroatoms. The Hall–Kier alpha value is -1.18. The number of rotatable bonds is 1. The molecule has 0 aliphatic heterocycles. The average molecular weight is 298 g/mol. The fourth-order valence-corrected chi connectivity index (χ4v) is 6.23. The third-order valence-corrected chi connectivity index (χ3v) is 7.59. The zero-order chi connectivity index (χ0) is 15.5. The van der Waals surface area contributed by atoms with Crippen LogP contribution in [0.2, 0.25) is 0 Å². The topological polar surface area (TPSA) is 34.1 Å². The summed E-state index contributed by atoms with van der Waals surface area (Å²) in [5, 5.41) is 0. The van der Waals surface area contributed by atoms with Crippen molar-refractivity contribution in [1.29, 1.82) is 0 Å². The molecule has 0 spiro atoms. The van der Waals surface area contributed by atoms with Crippen molar-refractivity contribution in [2.75, 3.05) is 0 Å². The lowest BCUT2D eigenvalue weighted by Crippen LogP contribution is -2.49. The van der Waals surface area contributed by atoms with Crippen LogP contribution >= 0.6 is 0 Å². The molecule has 0 aromatic carbocycles. The average Bonchev–Trinajstić information content (AvgIpc) is 2.86. The molecule has 0 radical (unpaired) electrons. The van der Waals surface area contributed by atoms with Crippen LogP contribution in [0.4, 0.5) is 0 Å². The first-order valence-electron chi connectivity index (χ1n) is 8.98. The molecule has 2 fully saturated rings. The van der Waals surface area contributed by atoms with Gasteiger partial charge in [-0.25, -0.2) is 0 Å². The second kappa shape index (κ2) is 4.66. The molecule has 5 atom stereocenters. The number of Topliss-reactive ketones (excluding diaryl/α,β-unsaturated/α-hetero) is 1. The first-order valence-corrected chi connectivity index (χ1v) is 8.98. The van der Waals surface area contributed by atoms with Gasteiger partial charge in [0.15, 0.2) is 5.78 Å². The van der Waals surface area contributed by atoms with Crippen LogP contribution in [0.25, 0.3) is 0 Å². The summed E-state index contributed by atoms with van der Waals surface area (Å²) in [7, 11) is 0. The summed E-state index contributed by atoms with van der Waals surface area (Å²) < 4.78 is 0. The van der Waals surface area contributed by atoms with Crippen LogP contribution in [-0.4, -0.2) is 11.6 Å². The Labute approximate surface area is 133 Å². The van der Waals surface area contributed by atoms with Gasteiger partial charge < -0.3 is 0 Å². The molecule has 22 heavy (non-hydrogen) atoms. The minimum absolute atomic E-state index is 0.0342. The predicted octanol–water partition coefficient (Wildman–Crippen LogP) is 4.25. The highest BCUT2D eigenvalue weighted by atomic mass is 16.1. The highest BCUT2D eigenvalue weighted by Gasteiger charge is 2.58. The van der Waals surface area contributed by atoms with Gasteiger partial charge in [0.25, 0.3) is 0 Å². The summed E-state index contributed by atoms with van der Waals surface area (Å²) in [6.07, 6.45) is 13.2. The normalized spacial score (nSPS) is 46.8. The lowest BCUT2D eigenvalue weighted by atomic mass is 9.48. The standard InChI is InChI=1S/C20H26O2/c1-3-20-11-9-16-15(17(20)6-7-18(20)22)5-4-13-12-14(21)8-10-19(13,16)2/h4-5,12,15-17H,3,6-11H2,1-2H3/t15-,16-,17+,19-,20+/m1/s1. The Morgan fingerprint density at radius 1 is 1.14 bits per heavy atom. The third kappa shape index (κ3) is 1.67. The second-order valence-corrected chi connectivity index (χ2v) is 8.14. The first kappa shape index (κ1) is 14.4. The van der Waals surface area contributed by atoms with Crippen molar-refractivity contribution in [3.05, 3.63) is 23.8 Å². The van der Waals surface area contributed by atoms with Gasteiger partial charge in [-0.15, -0.1) is 0 Å². The van der Waals surface area contributed by atoms with Crippen LogP contribution in [0, 0.1) is 28.6 Å². The number of allylic oxidation sites excluding steroid dienone is 4. The van der Waals surface area contributed by atoms with E-state index in [0.29, 0.717) is 30.0 Å². The van der Waals surface area contributed by atoms with Crippen molar-refractivity contribution in [3.8, 4) is 0 Å². The van der Waals surface area contributed by atoms with Crippen molar-refractivity contribution < 1.29 is 9.59 Å². The van der Waals surface area contributed by atoms with Crippen molar-refractivity contribution in [3.63, 3.8) is 0 Å². The smallest absolute Gasteiger partial charge is 0.156 e. The number of carbonyl (C=O) groups excluding carboxylic acids is 2. The SMILES string of the molecule is CC[C@]12CC[C@@H]3[C@@H](C=CC4=CC(=O)CC[C@]43C)[C@@H]1CCC2=O. The molecule has 0 aromatic rings. The molecule has 0 aromatic heterocycles. The molecular formula is C20H26O2. The molecule has 118 valence electrons. The van der Waals surface area contributed by atoms with Crippen LogP contribution in [-0.2, 0) is 9.59 Å². The summed E-state index contributed by atoms with van der Waals surface area (Å²) in [6.45, 7) is 4.57. The number of hydrogen-bond acceptors (Lipinski definition) is 2. The molecule has 4 aliphatic carbocycles. The van der Waals surface area contributed by atoms with E-state index in [9.17, 15) is 9.59 Å². The minimum Gasteiger partial charge on any atom is -0.299 e. The Kier molecular flexibility index (Phi) is 3.05. The summed E-state index contributed by atoms with van der Waals surface area (Å²) in [4.78, 5) is 24.3. The van der Waals surface area contributed by atoms with E-state index in [2.05, 4.69) is 26.0 Å². The summed E-state index contributed by atoms with van der Waals surface area (Å²) in [6, 6.07) is 0. The molecule has 0 saturated heterocycles. The molecule has 2 nitrogen and oxygen atoms in total. The largest absolute Gasteiger partial charge is 0.299 e. The fraction of sp³-hybridized carbons (Fsp3) is 0.700. The molecule has 4 rings (SSSR count). The Bertz CT molecular complexity index is 599. The minimum atomic E-state index is -0.0342. The van der Waals surface area contributed by atoms with E-state index >= 15 is 0 Å². The van der Waals surface area contributed by atoms with E-state index in [4.69, 9.17) is 0 Å². The maximum absolute atomic E-state index is 12.6. The van der Waals surface area contributed by atoms with E-state index in [1.807, 2.05) is 6.08 Å². The Morgan fingerprint density at radius 3 is 2.73 bits per heavy atom. The molecule has 0 N–H and O–H groups in total. The predicted molar refractivity (Wildman–Crippen MR) is 86.2 cm³/mol. The Balaban J connectivity index is 1.76. The number of fused-ring (bicyclic) bond motifs is 5. The lowest BCUT2D eigenvalue weighted by molar-refractivity contribution is -0.132. The molecule has 4 aliphatic rings. The maximum Gasteiger partial charge on any atom is 0.156 e. The van der Waals surface area contributed by atoms with Crippen molar-refractivity contribution in [2.24, 2.45) is 28.6 Å². The Morgan fingerprint density at radius 2 is 1.95 bits per heavy atom. The zero-order valence-corrected chi connectivity index (χ0v) is 13.7.